The number of hydrogen-bond acceptors (Lipinski definition) is 2. The Morgan fingerprint density at radius 3 is 0.947 bits per heavy atom. The molecule has 0 radical (unpaired) electrons. The highest BCUT2D eigenvalue weighted by atomic mass is 19.2. The highest BCUT2D eigenvalue weighted by Gasteiger charge is 1.70. The maximum absolute atomic E-state index is 11.0. The van der Waals surface area contributed by atoms with Gasteiger partial charge in [-0.2, -0.15) is 5.53 Å². The Kier molecular flexibility index (Phi) is 11.6. The average Bonchev–Trinajstić information content (AvgIpc) is 2.43. The highest BCUT2D eigenvalue weighted by Crippen LogP contribution is 1.88. The van der Waals surface area contributed by atoms with Crippen LogP contribution in [0.3, 0.4) is 0 Å². The fourth-order valence-electron chi connectivity index (χ4n) is 0.268. The van der Waals surface area contributed by atoms with Crippen LogP contribution in [0.15, 0.2) is 88.9 Å². The van der Waals surface area contributed by atoms with Crippen molar-refractivity contribution in [2.75, 3.05) is 0 Å². The predicted octanol–water partition coefficient (Wildman–Crippen LogP) is 3.84. The number of nitrogens with zero attached hydrogens (tertiary/aromatic N) is 17. The van der Waals surface area contributed by atoms with Crippen molar-refractivity contribution in [3.05, 3.63) is 0 Å². The molecule has 0 aromatic carbocycles. The molecule has 0 spiro atoms. The zero-order chi connectivity index (χ0) is 14.0. The van der Waals surface area contributed by atoms with E-state index in [9.17, 15) is 4.48 Å². The molecule has 0 aliphatic carbocycles. The molecule has 0 unspecified atom stereocenters. The normalized spacial score (nSPS) is 14.2. The molecule has 18 nitrogen and oxygen atoms in total. The SMILES string of the molecule is N=N/N=N/N=N/N=N/N=N/N=N/N=N/N=N/N=NF. The lowest BCUT2D eigenvalue weighted by atomic mass is 12.3. The first-order valence-electron chi connectivity index (χ1n) is 3.59. The minimum atomic E-state index is 1.74. The minimum absolute atomic E-state index is 1.74. The number of nitrogens with one attached hydrogen (secondary N) is 1. The van der Waals surface area contributed by atoms with Crippen molar-refractivity contribution in [2.24, 2.45) is 88.9 Å². The molecule has 0 aromatic heterocycles. The van der Waals surface area contributed by atoms with Crippen LogP contribution in [0, 0.1) is 5.53 Å². The van der Waals surface area contributed by atoms with E-state index in [-0.39, 0.29) is 0 Å². The van der Waals surface area contributed by atoms with Crippen LogP contribution in [0.2, 0.25) is 0 Å². The van der Waals surface area contributed by atoms with Gasteiger partial charge in [0, 0.05) is 47.1 Å². The third-order valence-corrected chi connectivity index (χ3v) is 0.639. The second-order valence-corrected chi connectivity index (χ2v) is 1.52. The molecule has 19 heteroatoms. The Bertz CT molecular complexity index is 438. The van der Waals surface area contributed by atoms with Gasteiger partial charge in [-0.15, -0.1) is 0 Å². The largest absolute Gasteiger partial charge is 0.183 e. The van der Waals surface area contributed by atoms with Gasteiger partial charge in [0.1, 0.15) is 0 Å². The van der Waals surface area contributed by atoms with E-state index in [2.05, 4.69) is 83.6 Å². The summed E-state index contributed by atoms with van der Waals surface area (Å²) in [7, 11) is 0. The minimum Gasteiger partial charge on any atom is -0.183 e. The molecule has 0 saturated heterocycles. The van der Waals surface area contributed by atoms with Gasteiger partial charge >= 0.3 is 0 Å². The standard InChI is InChI=1S/FHN18/c1-3-5-7-9-11-13-15-17-19-18-16-14-12-10-8-6-4-2/h2H/b4-2?,5-3?,8-6+,9-7+,12-10+,13-11+,16-14+,17-15+,19-18+. The summed E-state index contributed by atoms with van der Waals surface area (Å²) < 4.78 is 11.0. The van der Waals surface area contributed by atoms with E-state index < -0.39 is 0 Å². The van der Waals surface area contributed by atoms with Crippen LogP contribution in [-0.4, -0.2) is 0 Å². The van der Waals surface area contributed by atoms with E-state index in [0.29, 0.717) is 0 Å². The molecule has 0 bridgehead atoms. The Hall–Kier alpha value is -3.67. The first-order chi connectivity index (χ1) is 9.41. The maximum atomic E-state index is 11.0. The van der Waals surface area contributed by atoms with Crippen molar-refractivity contribution in [1.82, 2.24) is 0 Å². The molecule has 0 aliphatic heterocycles. The summed E-state index contributed by atoms with van der Waals surface area (Å²) in [4.78, 5) is 0. The van der Waals surface area contributed by atoms with Gasteiger partial charge < -0.3 is 0 Å². The van der Waals surface area contributed by atoms with E-state index in [1.165, 1.54) is 0 Å². The molecule has 0 aromatic rings. The first-order valence-corrected chi connectivity index (χ1v) is 3.59. The summed E-state index contributed by atoms with van der Waals surface area (Å²) in [6, 6.07) is 0. The van der Waals surface area contributed by atoms with E-state index in [4.69, 9.17) is 5.53 Å². The monoisotopic (exact) mass is 272 g/mol. The van der Waals surface area contributed by atoms with Gasteiger partial charge in [0.15, 0.2) is 0 Å². The van der Waals surface area contributed by atoms with Gasteiger partial charge in [0.2, 0.25) is 0 Å². The molecule has 0 amide bonds. The molecule has 1 N–H and O–H groups in total. The van der Waals surface area contributed by atoms with Crippen molar-refractivity contribution in [3.63, 3.8) is 0 Å². The van der Waals surface area contributed by atoms with Gasteiger partial charge in [-0.05, 0) is 41.8 Å². The smallest absolute Gasteiger partial charge is 0.0435 e. The third kappa shape index (κ3) is 14.3. The van der Waals surface area contributed by atoms with Crippen LogP contribution in [0.5, 0.6) is 0 Å². The van der Waals surface area contributed by atoms with E-state index in [0.717, 1.165) is 0 Å². The van der Waals surface area contributed by atoms with Crippen LogP contribution >= 0.6 is 0 Å². The summed E-state index contributed by atoms with van der Waals surface area (Å²) in [6.07, 6.45) is 0. The molecular formula is HFN18. The van der Waals surface area contributed by atoms with Crippen molar-refractivity contribution in [2.45, 2.75) is 0 Å². The number of hydrogen-bond donors (Lipinski definition) is 1. The van der Waals surface area contributed by atoms with E-state index in [1.807, 2.05) is 0 Å². The fourth-order valence-corrected chi connectivity index (χ4v) is 0.268. The molecule has 0 atom stereocenters. The maximum Gasteiger partial charge on any atom is 0.0435 e. The third-order valence-electron chi connectivity index (χ3n) is 0.639. The van der Waals surface area contributed by atoms with Crippen LogP contribution in [-0.2, 0) is 0 Å². The van der Waals surface area contributed by atoms with Crippen LogP contribution in [0.25, 0.3) is 0 Å². The lowest BCUT2D eigenvalue weighted by Gasteiger charge is -1.69. The molecule has 0 heterocycles. The fraction of sp³-hybridized carbons (Fsp3) is 0. The van der Waals surface area contributed by atoms with Gasteiger partial charge in [0.05, 0.1) is 0 Å². The number of rotatable bonds is 8. The lowest BCUT2D eigenvalue weighted by Crippen LogP contribution is -1.50. The first kappa shape index (κ1) is 15.3. The van der Waals surface area contributed by atoms with Crippen molar-refractivity contribution in [3.8, 4) is 0 Å². The van der Waals surface area contributed by atoms with E-state index >= 15 is 0 Å². The summed E-state index contributed by atoms with van der Waals surface area (Å²) in [6.45, 7) is 0. The van der Waals surface area contributed by atoms with Gasteiger partial charge in [-0.3, -0.25) is 0 Å². The summed E-state index contributed by atoms with van der Waals surface area (Å²) in [5.74, 6) is 0. The Morgan fingerprint density at radius 2 is 0.684 bits per heavy atom. The summed E-state index contributed by atoms with van der Waals surface area (Å²) >= 11 is 0. The molecule has 98 valence electrons. The molecule has 0 fully saturated rings. The zero-order valence-electron chi connectivity index (χ0n) is 8.48. The second kappa shape index (κ2) is 14.3. The quantitative estimate of drug-likeness (QED) is 0.489. The number of halogens is 1. The predicted molar refractivity (Wildman–Crippen MR) is 45.1 cm³/mol. The molecule has 0 saturated carbocycles. The Labute approximate surface area is 100 Å². The summed E-state index contributed by atoms with van der Waals surface area (Å²) in [5, 5.41) is 46.9. The van der Waals surface area contributed by atoms with Gasteiger partial charge in [0.25, 0.3) is 0 Å². The topological polar surface area (TPSA) is 234 Å². The Balaban J connectivity index is 3.84. The van der Waals surface area contributed by atoms with Gasteiger partial charge in [-0.1, -0.05) is 4.48 Å². The van der Waals surface area contributed by atoms with Crippen LogP contribution in [0.4, 0.5) is 4.48 Å². The van der Waals surface area contributed by atoms with Crippen molar-refractivity contribution >= 4 is 0 Å². The highest BCUT2D eigenvalue weighted by molar-refractivity contribution is 4.12. The van der Waals surface area contributed by atoms with Crippen LogP contribution < -0.4 is 0 Å². The average molecular weight is 272 g/mol. The van der Waals surface area contributed by atoms with Crippen molar-refractivity contribution in [1.29, 1.82) is 5.53 Å². The van der Waals surface area contributed by atoms with Crippen LogP contribution in [0.1, 0.15) is 0 Å². The Morgan fingerprint density at radius 1 is 0.421 bits per heavy atom. The molecule has 19 heavy (non-hydrogen) atoms. The van der Waals surface area contributed by atoms with Gasteiger partial charge in [-0.25, -0.2) is 0 Å². The van der Waals surface area contributed by atoms with E-state index in [1.54, 1.807) is 5.34 Å². The lowest BCUT2D eigenvalue weighted by molar-refractivity contribution is 0.474. The molecule has 0 rings (SSSR count). The summed E-state index contributed by atoms with van der Waals surface area (Å²) in [5.41, 5.74) is 6.17. The van der Waals surface area contributed by atoms with Crippen molar-refractivity contribution < 1.29 is 4.48 Å². The zero-order valence-corrected chi connectivity index (χ0v) is 8.48. The second-order valence-electron chi connectivity index (χ2n) is 1.52. The molecular weight excluding hydrogens is 271 g/mol. The molecule has 0 aliphatic rings.